The maximum Gasteiger partial charge on any atom is 0.243 e. The van der Waals surface area contributed by atoms with Crippen LogP contribution in [0.15, 0.2) is 29.3 Å². The van der Waals surface area contributed by atoms with Crippen LogP contribution >= 0.6 is 24.0 Å². The van der Waals surface area contributed by atoms with Crippen LogP contribution in [0.4, 0.5) is 0 Å². The molecule has 0 saturated heterocycles. The lowest BCUT2D eigenvalue weighted by Gasteiger charge is -2.18. The average molecular weight is 535 g/mol. The fourth-order valence-electron chi connectivity index (χ4n) is 2.54. The normalized spacial score (nSPS) is 11.1. The number of guanidine groups is 1. The Balaban J connectivity index is 0.00000841. The van der Waals surface area contributed by atoms with E-state index < -0.39 is 0 Å². The van der Waals surface area contributed by atoms with Crippen molar-refractivity contribution >= 4 is 35.8 Å². The summed E-state index contributed by atoms with van der Waals surface area (Å²) in [5.74, 6) is 1.47. The molecule has 0 fully saturated rings. The highest BCUT2D eigenvalue weighted by Crippen LogP contribution is 2.11. The van der Waals surface area contributed by atoms with Crippen LogP contribution in [0, 0.1) is 0 Å². The van der Waals surface area contributed by atoms with Gasteiger partial charge in [0.15, 0.2) is 5.96 Å². The second-order valence-corrected chi connectivity index (χ2v) is 7.05. The van der Waals surface area contributed by atoms with Crippen molar-refractivity contribution in [1.29, 1.82) is 0 Å². The molecule has 172 valence electrons. The van der Waals surface area contributed by atoms with Crippen molar-refractivity contribution in [3.63, 3.8) is 0 Å². The van der Waals surface area contributed by atoms with Crippen molar-refractivity contribution in [1.82, 2.24) is 20.4 Å². The summed E-state index contributed by atoms with van der Waals surface area (Å²) in [6.07, 6.45) is 1.86. The molecule has 0 unspecified atom stereocenters. The molecule has 0 aliphatic heterocycles. The zero-order valence-corrected chi connectivity index (χ0v) is 21.3. The summed E-state index contributed by atoms with van der Waals surface area (Å²) < 4.78 is 10.3. The molecular weight excluding hydrogens is 497 g/mol. The van der Waals surface area contributed by atoms with Crippen molar-refractivity contribution in [3.8, 4) is 5.75 Å². The standard InChI is InChI=1S/C21H37N5O3.HI/c1-25(2)20(27)17-24-21(23-13-15-26(3)14-6-16-28-4)22-12-11-18-7-9-19(29-5)10-8-18;/h7-10H,6,11-17H2,1-5H3,(H2,22,23,24);1H. The largest absolute Gasteiger partial charge is 0.497 e. The van der Waals surface area contributed by atoms with Gasteiger partial charge in [-0.2, -0.15) is 0 Å². The highest BCUT2D eigenvalue weighted by Gasteiger charge is 2.05. The number of nitrogens with one attached hydrogen (secondary N) is 2. The Labute approximate surface area is 198 Å². The topological polar surface area (TPSA) is 78.4 Å². The Hall–Kier alpha value is -1.59. The number of carbonyl (C=O) groups is 1. The lowest BCUT2D eigenvalue weighted by molar-refractivity contribution is -0.127. The first-order chi connectivity index (χ1) is 14.0. The molecule has 0 radical (unpaired) electrons. The van der Waals surface area contributed by atoms with Gasteiger partial charge in [0.05, 0.1) is 7.11 Å². The molecule has 0 spiro atoms. The van der Waals surface area contributed by atoms with Crippen LogP contribution in [0.25, 0.3) is 0 Å². The number of aliphatic imine (C=N–C) groups is 1. The average Bonchev–Trinajstić information content (AvgIpc) is 2.71. The van der Waals surface area contributed by atoms with Crippen LogP contribution in [0.5, 0.6) is 5.75 Å². The van der Waals surface area contributed by atoms with Crippen molar-refractivity contribution < 1.29 is 14.3 Å². The third-order valence-electron chi connectivity index (χ3n) is 4.41. The lowest BCUT2D eigenvalue weighted by atomic mass is 10.1. The highest BCUT2D eigenvalue weighted by atomic mass is 127. The zero-order chi connectivity index (χ0) is 21.5. The summed E-state index contributed by atoms with van der Waals surface area (Å²) >= 11 is 0. The van der Waals surface area contributed by atoms with Crippen LogP contribution in [-0.4, -0.2) is 96.4 Å². The van der Waals surface area contributed by atoms with Crippen LogP contribution in [0.3, 0.4) is 0 Å². The Morgan fingerprint density at radius 1 is 1.03 bits per heavy atom. The van der Waals surface area contributed by atoms with Gasteiger partial charge < -0.3 is 29.9 Å². The van der Waals surface area contributed by atoms with Gasteiger partial charge in [-0.05, 0) is 37.6 Å². The maximum absolute atomic E-state index is 11.9. The van der Waals surface area contributed by atoms with Gasteiger partial charge in [-0.15, -0.1) is 24.0 Å². The van der Waals surface area contributed by atoms with E-state index in [0.717, 1.165) is 51.4 Å². The number of likely N-dealkylation sites (N-methyl/N-ethyl adjacent to an activating group) is 2. The van der Waals surface area contributed by atoms with Crippen molar-refractivity contribution in [2.45, 2.75) is 12.8 Å². The molecule has 0 aromatic heterocycles. The second kappa shape index (κ2) is 17.1. The van der Waals surface area contributed by atoms with Gasteiger partial charge in [0.1, 0.15) is 12.3 Å². The summed E-state index contributed by atoms with van der Waals surface area (Å²) in [5, 5.41) is 6.63. The fraction of sp³-hybridized carbons (Fsp3) is 0.619. The molecule has 0 heterocycles. The minimum Gasteiger partial charge on any atom is -0.497 e. The Kier molecular flexibility index (Phi) is 16.2. The van der Waals surface area contributed by atoms with Crippen LogP contribution < -0.4 is 15.4 Å². The minimum absolute atomic E-state index is 0. The monoisotopic (exact) mass is 535 g/mol. The summed E-state index contributed by atoms with van der Waals surface area (Å²) in [6.45, 7) is 4.21. The van der Waals surface area contributed by atoms with Gasteiger partial charge in [0.25, 0.3) is 0 Å². The summed E-state index contributed by atoms with van der Waals surface area (Å²) in [5.41, 5.74) is 1.21. The predicted octanol–water partition coefficient (Wildman–Crippen LogP) is 1.45. The lowest BCUT2D eigenvalue weighted by Crippen LogP contribution is -2.42. The van der Waals surface area contributed by atoms with E-state index in [1.54, 1.807) is 33.2 Å². The number of amides is 1. The van der Waals surface area contributed by atoms with Crippen molar-refractivity contribution in [2.75, 3.05) is 74.7 Å². The summed E-state index contributed by atoms with van der Waals surface area (Å²) in [6, 6.07) is 8.01. The molecule has 0 saturated carbocycles. The van der Waals surface area contributed by atoms with Gasteiger partial charge in [-0.1, -0.05) is 12.1 Å². The third-order valence-corrected chi connectivity index (χ3v) is 4.41. The number of rotatable bonds is 13. The molecule has 0 aliphatic carbocycles. The first-order valence-corrected chi connectivity index (χ1v) is 9.99. The Morgan fingerprint density at radius 2 is 1.70 bits per heavy atom. The van der Waals surface area contributed by atoms with Gasteiger partial charge in [0, 0.05) is 54.0 Å². The first kappa shape index (κ1) is 28.4. The summed E-state index contributed by atoms with van der Waals surface area (Å²) in [7, 11) is 8.93. The molecule has 1 rings (SSSR count). The van der Waals surface area contributed by atoms with E-state index in [-0.39, 0.29) is 36.4 Å². The van der Waals surface area contributed by atoms with E-state index >= 15 is 0 Å². The molecule has 0 aliphatic rings. The first-order valence-electron chi connectivity index (χ1n) is 9.99. The van der Waals surface area contributed by atoms with Gasteiger partial charge in [-0.25, -0.2) is 4.99 Å². The van der Waals surface area contributed by atoms with Gasteiger partial charge in [-0.3, -0.25) is 4.79 Å². The van der Waals surface area contributed by atoms with E-state index in [2.05, 4.69) is 39.7 Å². The van der Waals surface area contributed by atoms with E-state index in [1.807, 2.05) is 12.1 Å². The van der Waals surface area contributed by atoms with Gasteiger partial charge >= 0.3 is 0 Å². The molecule has 1 aromatic carbocycles. The predicted molar refractivity (Wildman–Crippen MR) is 133 cm³/mol. The molecule has 1 aromatic rings. The Morgan fingerprint density at radius 3 is 2.30 bits per heavy atom. The zero-order valence-electron chi connectivity index (χ0n) is 18.9. The van der Waals surface area contributed by atoms with Crippen molar-refractivity contribution in [3.05, 3.63) is 29.8 Å². The van der Waals surface area contributed by atoms with Crippen LogP contribution in [0.1, 0.15) is 12.0 Å². The van der Waals surface area contributed by atoms with Crippen LogP contribution in [0.2, 0.25) is 0 Å². The molecule has 30 heavy (non-hydrogen) atoms. The van der Waals surface area contributed by atoms with Crippen molar-refractivity contribution in [2.24, 2.45) is 4.99 Å². The third kappa shape index (κ3) is 12.9. The minimum atomic E-state index is -0.0297. The number of carbonyl (C=O) groups excluding carboxylic acids is 1. The molecule has 8 nitrogen and oxygen atoms in total. The van der Waals surface area contributed by atoms with E-state index in [1.165, 1.54) is 5.56 Å². The highest BCUT2D eigenvalue weighted by molar-refractivity contribution is 14.0. The fourth-order valence-corrected chi connectivity index (χ4v) is 2.54. The molecule has 0 bridgehead atoms. The molecular formula is C21H38IN5O3. The van der Waals surface area contributed by atoms with Crippen LogP contribution in [-0.2, 0) is 16.0 Å². The quantitative estimate of drug-likeness (QED) is 0.172. The van der Waals surface area contributed by atoms with E-state index in [9.17, 15) is 4.79 Å². The SMILES string of the molecule is COCCCN(C)CCNC(=NCC(=O)N(C)C)NCCc1ccc(OC)cc1.I. The van der Waals surface area contributed by atoms with Gasteiger partial charge in [0.2, 0.25) is 5.91 Å². The maximum atomic E-state index is 11.9. The molecule has 0 atom stereocenters. The second-order valence-electron chi connectivity index (χ2n) is 7.05. The number of hydrogen-bond acceptors (Lipinski definition) is 5. The number of nitrogens with zero attached hydrogens (tertiary/aromatic N) is 3. The number of ether oxygens (including phenoxy) is 2. The van der Waals surface area contributed by atoms with E-state index in [0.29, 0.717) is 5.96 Å². The molecule has 1 amide bonds. The Bertz CT molecular complexity index is 611. The number of benzene rings is 1. The smallest absolute Gasteiger partial charge is 0.243 e. The number of halogens is 1. The molecule has 2 N–H and O–H groups in total. The summed E-state index contributed by atoms with van der Waals surface area (Å²) in [4.78, 5) is 20.1. The number of hydrogen-bond donors (Lipinski definition) is 2. The number of methoxy groups -OCH3 is 2. The molecule has 9 heteroatoms. The van der Waals surface area contributed by atoms with E-state index in [4.69, 9.17) is 9.47 Å².